The lowest BCUT2D eigenvalue weighted by molar-refractivity contribution is 0.170. The van der Waals surface area contributed by atoms with Gasteiger partial charge >= 0.3 is 12.2 Å². The molecule has 3 N–H and O–H groups in total. The molecule has 2 amide bonds. The lowest BCUT2D eigenvalue weighted by Crippen LogP contribution is -2.19. The second-order valence-corrected chi connectivity index (χ2v) is 3.29. The maximum atomic E-state index is 10.6. The van der Waals surface area contributed by atoms with Crippen LogP contribution in [-0.4, -0.2) is 50.0 Å². The first-order valence-electron chi connectivity index (χ1n) is 5.50. The summed E-state index contributed by atoms with van der Waals surface area (Å²) in [6.07, 6.45) is 2.21. The van der Waals surface area contributed by atoms with E-state index in [1.165, 1.54) is 26.6 Å². The van der Waals surface area contributed by atoms with Crippen LogP contribution >= 0.6 is 0 Å². The molecule has 0 aliphatic rings. The molecule has 0 saturated carbocycles. The van der Waals surface area contributed by atoms with E-state index in [-0.39, 0.29) is 0 Å². The van der Waals surface area contributed by atoms with Gasteiger partial charge in [0.2, 0.25) is 0 Å². The molecule has 9 nitrogen and oxygen atoms in total. The summed E-state index contributed by atoms with van der Waals surface area (Å²) in [4.78, 5) is 21.2. The molecule has 0 aliphatic carbocycles. The zero-order valence-electron chi connectivity index (χ0n) is 10.8. The number of aliphatic hydroxyl groups is 1. The Hall–Kier alpha value is -2.16. The van der Waals surface area contributed by atoms with Crippen molar-refractivity contribution in [3.8, 4) is 0 Å². The van der Waals surface area contributed by atoms with Crippen LogP contribution in [0.1, 0.15) is 19.3 Å². The Balaban J connectivity index is 3.60. The SMILES string of the molecule is COC(=O)NN=CCCCC(O)C=NNC(=O)OC. The molecule has 9 heteroatoms. The van der Waals surface area contributed by atoms with Gasteiger partial charge in [0.15, 0.2) is 0 Å². The Kier molecular flexibility index (Phi) is 9.71. The van der Waals surface area contributed by atoms with Gasteiger partial charge in [-0.15, -0.1) is 0 Å². The fourth-order valence-electron chi connectivity index (χ4n) is 0.923. The molecule has 19 heavy (non-hydrogen) atoms. The van der Waals surface area contributed by atoms with Crippen LogP contribution in [0, 0.1) is 0 Å². The molecule has 0 aliphatic heterocycles. The molecule has 1 unspecified atom stereocenters. The number of ether oxygens (including phenoxy) is 2. The highest BCUT2D eigenvalue weighted by Gasteiger charge is 2.00. The van der Waals surface area contributed by atoms with Crippen molar-refractivity contribution in [1.82, 2.24) is 10.9 Å². The Morgan fingerprint density at radius 1 is 1.21 bits per heavy atom. The monoisotopic (exact) mass is 274 g/mol. The van der Waals surface area contributed by atoms with Gasteiger partial charge < -0.3 is 14.6 Å². The Morgan fingerprint density at radius 3 is 2.37 bits per heavy atom. The molecule has 0 fully saturated rings. The average molecular weight is 274 g/mol. The van der Waals surface area contributed by atoms with E-state index in [1.54, 1.807) is 0 Å². The third kappa shape index (κ3) is 10.7. The topological polar surface area (TPSA) is 122 Å². The minimum Gasteiger partial charge on any atom is -0.452 e. The number of carbonyl (C=O) groups excluding carboxylic acids is 2. The van der Waals surface area contributed by atoms with E-state index in [0.29, 0.717) is 19.3 Å². The Labute approximate surface area is 110 Å². The summed E-state index contributed by atoms with van der Waals surface area (Å²) in [5.41, 5.74) is 4.19. The maximum absolute atomic E-state index is 10.6. The first kappa shape index (κ1) is 16.8. The normalized spacial score (nSPS) is 12.4. The number of aliphatic hydroxyl groups excluding tert-OH is 1. The van der Waals surface area contributed by atoms with E-state index in [0.717, 1.165) is 0 Å². The highest BCUT2D eigenvalue weighted by Crippen LogP contribution is 1.97. The molecule has 0 saturated heterocycles. The van der Waals surface area contributed by atoms with E-state index in [9.17, 15) is 14.7 Å². The van der Waals surface area contributed by atoms with E-state index in [2.05, 4.69) is 30.5 Å². The second-order valence-electron chi connectivity index (χ2n) is 3.29. The van der Waals surface area contributed by atoms with Crippen molar-refractivity contribution in [2.75, 3.05) is 14.2 Å². The molecule has 0 heterocycles. The van der Waals surface area contributed by atoms with Crippen LogP contribution in [0.15, 0.2) is 10.2 Å². The van der Waals surface area contributed by atoms with Crippen LogP contribution in [-0.2, 0) is 9.47 Å². The first-order valence-corrected chi connectivity index (χ1v) is 5.50. The second kappa shape index (κ2) is 11.0. The van der Waals surface area contributed by atoms with Crippen molar-refractivity contribution in [1.29, 1.82) is 0 Å². The summed E-state index contributed by atoms with van der Waals surface area (Å²) >= 11 is 0. The molecule has 1 atom stereocenters. The van der Waals surface area contributed by atoms with Crippen molar-refractivity contribution < 1.29 is 24.2 Å². The number of nitrogens with one attached hydrogen (secondary N) is 2. The van der Waals surface area contributed by atoms with Crippen molar-refractivity contribution in [2.24, 2.45) is 10.2 Å². The standard InChI is InChI=1S/C10H18N4O5/c1-18-9(16)13-11-6-4-3-5-8(15)7-12-14-10(17)19-2/h6-8,15H,3-5H2,1-2H3,(H,13,16)(H,14,17). The largest absolute Gasteiger partial charge is 0.452 e. The Bertz CT molecular complexity index is 332. The van der Waals surface area contributed by atoms with E-state index in [4.69, 9.17) is 0 Å². The number of methoxy groups -OCH3 is 2. The summed E-state index contributed by atoms with van der Waals surface area (Å²) in [6, 6.07) is 0. The van der Waals surface area contributed by atoms with E-state index >= 15 is 0 Å². The van der Waals surface area contributed by atoms with Gasteiger partial charge in [-0.25, -0.2) is 20.4 Å². The number of hydrogen-bond acceptors (Lipinski definition) is 7. The number of hydrazone groups is 2. The van der Waals surface area contributed by atoms with Gasteiger partial charge in [-0.05, 0) is 19.3 Å². The average Bonchev–Trinajstić information content (AvgIpc) is 2.41. The fraction of sp³-hybridized carbons (Fsp3) is 0.600. The molecule has 108 valence electrons. The minimum atomic E-state index is -0.779. The third-order valence-electron chi connectivity index (χ3n) is 1.85. The van der Waals surface area contributed by atoms with Gasteiger partial charge in [0.1, 0.15) is 0 Å². The zero-order chi connectivity index (χ0) is 14.5. The highest BCUT2D eigenvalue weighted by atomic mass is 16.5. The maximum Gasteiger partial charge on any atom is 0.427 e. The molecule has 0 spiro atoms. The minimum absolute atomic E-state index is 0.441. The van der Waals surface area contributed by atoms with Gasteiger partial charge in [-0.1, -0.05) is 0 Å². The summed E-state index contributed by atoms with van der Waals surface area (Å²) < 4.78 is 8.58. The van der Waals surface area contributed by atoms with Crippen molar-refractivity contribution >= 4 is 24.6 Å². The van der Waals surface area contributed by atoms with E-state index in [1.807, 2.05) is 0 Å². The first-order chi connectivity index (χ1) is 9.10. The summed E-state index contributed by atoms with van der Waals surface area (Å²) in [7, 11) is 2.45. The number of carbonyl (C=O) groups is 2. The number of rotatable bonds is 7. The van der Waals surface area contributed by atoms with Crippen LogP contribution < -0.4 is 10.9 Å². The van der Waals surface area contributed by atoms with Gasteiger partial charge in [0, 0.05) is 6.21 Å². The molecule has 0 aromatic rings. The number of amides is 2. The van der Waals surface area contributed by atoms with Gasteiger partial charge in [0.05, 0.1) is 26.5 Å². The summed E-state index contributed by atoms with van der Waals surface area (Å²) in [6.45, 7) is 0. The lowest BCUT2D eigenvalue weighted by Gasteiger charge is -2.02. The van der Waals surface area contributed by atoms with Crippen LogP contribution in [0.5, 0.6) is 0 Å². The van der Waals surface area contributed by atoms with Crippen molar-refractivity contribution in [3.05, 3.63) is 0 Å². The van der Waals surface area contributed by atoms with Gasteiger partial charge in [-0.3, -0.25) is 0 Å². The molecule has 0 aromatic heterocycles. The van der Waals surface area contributed by atoms with Crippen LogP contribution in [0.2, 0.25) is 0 Å². The number of unbranched alkanes of at least 4 members (excludes halogenated alkanes) is 1. The van der Waals surface area contributed by atoms with Crippen molar-refractivity contribution in [2.45, 2.75) is 25.4 Å². The molecule has 0 rings (SSSR count). The fourth-order valence-corrected chi connectivity index (χ4v) is 0.923. The molecule has 0 radical (unpaired) electrons. The third-order valence-corrected chi connectivity index (χ3v) is 1.85. The summed E-state index contributed by atoms with van der Waals surface area (Å²) in [5.74, 6) is 0. The van der Waals surface area contributed by atoms with Crippen LogP contribution in [0.4, 0.5) is 9.59 Å². The summed E-state index contributed by atoms with van der Waals surface area (Å²) in [5, 5.41) is 16.5. The lowest BCUT2D eigenvalue weighted by atomic mass is 10.2. The highest BCUT2D eigenvalue weighted by molar-refractivity contribution is 5.70. The van der Waals surface area contributed by atoms with Crippen LogP contribution in [0.3, 0.4) is 0 Å². The smallest absolute Gasteiger partial charge is 0.427 e. The number of nitrogens with zero attached hydrogens (tertiary/aromatic N) is 2. The molecule has 0 bridgehead atoms. The molecular formula is C10H18N4O5. The zero-order valence-corrected chi connectivity index (χ0v) is 10.8. The van der Waals surface area contributed by atoms with Crippen molar-refractivity contribution in [3.63, 3.8) is 0 Å². The molecule has 0 aromatic carbocycles. The predicted octanol–water partition coefficient (Wildman–Crippen LogP) is 0.201. The van der Waals surface area contributed by atoms with Gasteiger partial charge in [-0.2, -0.15) is 10.2 Å². The van der Waals surface area contributed by atoms with Crippen LogP contribution in [0.25, 0.3) is 0 Å². The quantitative estimate of drug-likeness (QED) is 0.348. The van der Waals surface area contributed by atoms with E-state index < -0.39 is 18.3 Å². The van der Waals surface area contributed by atoms with Gasteiger partial charge in [0.25, 0.3) is 0 Å². The Morgan fingerprint density at radius 2 is 1.79 bits per heavy atom. The predicted molar refractivity (Wildman–Crippen MR) is 67.9 cm³/mol. The number of hydrogen-bond donors (Lipinski definition) is 3. The molecular weight excluding hydrogens is 256 g/mol.